The van der Waals surface area contributed by atoms with Crippen molar-refractivity contribution >= 4 is 36.6 Å². The molecule has 1 atom stereocenters. The van der Waals surface area contributed by atoms with Crippen molar-refractivity contribution in [3.05, 3.63) is 59.5 Å². The first-order valence-electron chi connectivity index (χ1n) is 14.3. The van der Waals surface area contributed by atoms with Crippen molar-refractivity contribution in [1.29, 1.82) is 0 Å². The molecule has 1 amide bonds. The molecule has 3 aromatic heterocycles. The zero-order valence-corrected chi connectivity index (χ0v) is 26.7. The van der Waals surface area contributed by atoms with Gasteiger partial charge in [-0.25, -0.2) is 9.97 Å². The first-order valence-corrected chi connectivity index (χ1v) is 16.1. The highest BCUT2D eigenvalue weighted by molar-refractivity contribution is 7.53. The Kier molecular flexibility index (Phi) is 9.98. The third kappa shape index (κ3) is 7.64. The number of amides is 1. The third-order valence-electron chi connectivity index (χ3n) is 6.92. The predicted molar refractivity (Wildman–Crippen MR) is 165 cm³/mol. The van der Waals surface area contributed by atoms with Gasteiger partial charge in [-0.2, -0.15) is 18.2 Å². The minimum absolute atomic E-state index is 0.0467. The number of ether oxygens (including phenoxy) is 2. The van der Waals surface area contributed by atoms with Gasteiger partial charge in [-0.15, -0.1) is 5.10 Å². The van der Waals surface area contributed by atoms with Gasteiger partial charge in [-0.3, -0.25) is 14.0 Å². The van der Waals surface area contributed by atoms with E-state index in [0.717, 1.165) is 0 Å². The van der Waals surface area contributed by atoms with Gasteiger partial charge in [0.05, 0.1) is 56.2 Å². The molecule has 4 aliphatic rings. The molecule has 7 heterocycles. The van der Waals surface area contributed by atoms with Crippen LogP contribution in [0.4, 0.5) is 36.3 Å². The summed E-state index contributed by atoms with van der Waals surface area (Å²) in [6, 6.07) is 7.75. The smallest absolute Gasteiger partial charge is 0.421 e. The zero-order valence-electron chi connectivity index (χ0n) is 25.8. The maximum atomic E-state index is 14.1. The zero-order chi connectivity index (χ0) is 33.8. The number of hydrogen-bond donors (Lipinski definition) is 3. The van der Waals surface area contributed by atoms with E-state index in [0.29, 0.717) is 36.0 Å². The topological polar surface area (TPSA) is 164 Å². The van der Waals surface area contributed by atoms with Gasteiger partial charge in [0.2, 0.25) is 11.8 Å². The SMILES string of the molecule is CCO[P@]1(=O)Cc2ccc(c(OC)c2)Nc2ncc(C(F)(F)F)c(n2)Nc2ccc(nc2C(=O)NC)-c2cn(nc2OC)CCCO1. The van der Waals surface area contributed by atoms with Crippen LogP contribution >= 0.6 is 7.60 Å². The number of aromatic nitrogens is 5. The molecule has 1 aromatic carbocycles. The number of halogens is 3. The van der Waals surface area contributed by atoms with Crippen LogP contribution in [0.1, 0.15) is 35.0 Å². The van der Waals surface area contributed by atoms with E-state index >= 15 is 0 Å². The van der Waals surface area contributed by atoms with E-state index in [2.05, 4.69) is 36.0 Å². The van der Waals surface area contributed by atoms with Crippen LogP contribution in [0.15, 0.2) is 42.7 Å². The summed E-state index contributed by atoms with van der Waals surface area (Å²) in [5.41, 5.74) is 0.152. The Morgan fingerprint density at radius 2 is 1.91 bits per heavy atom. The summed E-state index contributed by atoms with van der Waals surface area (Å²) in [5, 5.41) is 12.4. The summed E-state index contributed by atoms with van der Waals surface area (Å²) in [5.74, 6) is -1.04. The number of aryl methyl sites for hydroxylation is 1. The minimum Gasteiger partial charge on any atom is -0.495 e. The molecule has 0 aliphatic carbocycles. The first-order chi connectivity index (χ1) is 22.5. The van der Waals surface area contributed by atoms with E-state index in [4.69, 9.17) is 18.5 Å². The number of hydrogen-bond acceptors (Lipinski definition) is 12. The van der Waals surface area contributed by atoms with Crippen molar-refractivity contribution in [2.75, 3.05) is 45.1 Å². The molecule has 0 spiro atoms. The molecular formula is C29H32F3N8O6P. The van der Waals surface area contributed by atoms with Gasteiger partial charge >= 0.3 is 13.8 Å². The average Bonchev–Trinajstić information content (AvgIpc) is 3.46. The van der Waals surface area contributed by atoms with Gasteiger partial charge < -0.3 is 34.5 Å². The summed E-state index contributed by atoms with van der Waals surface area (Å²) < 4.78 is 79.8. The Morgan fingerprint density at radius 3 is 2.62 bits per heavy atom. The van der Waals surface area contributed by atoms with Crippen LogP contribution in [-0.2, 0) is 32.5 Å². The van der Waals surface area contributed by atoms with E-state index in [9.17, 15) is 22.5 Å². The number of nitrogens with zero attached hydrogens (tertiary/aromatic N) is 5. The molecule has 4 aromatic rings. The highest BCUT2D eigenvalue weighted by Gasteiger charge is 2.36. The van der Waals surface area contributed by atoms with Crippen LogP contribution in [-0.4, -0.2) is 65.1 Å². The fourth-order valence-corrected chi connectivity index (χ4v) is 6.46. The van der Waals surface area contributed by atoms with E-state index in [1.165, 1.54) is 33.4 Å². The number of benzene rings is 1. The highest BCUT2D eigenvalue weighted by atomic mass is 31.2. The molecule has 0 unspecified atom stereocenters. The van der Waals surface area contributed by atoms with Crippen molar-refractivity contribution in [3.63, 3.8) is 0 Å². The predicted octanol–water partition coefficient (Wildman–Crippen LogP) is 5.77. The molecule has 0 radical (unpaired) electrons. The molecule has 0 saturated heterocycles. The summed E-state index contributed by atoms with van der Waals surface area (Å²) in [6.45, 7) is 2.30. The van der Waals surface area contributed by atoms with Crippen molar-refractivity contribution in [2.24, 2.45) is 0 Å². The van der Waals surface area contributed by atoms with E-state index in [1.807, 2.05) is 0 Å². The van der Waals surface area contributed by atoms with Gasteiger partial charge in [0.15, 0.2) is 5.69 Å². The monoisotopic (exact) mass is 676 g/mol. The standard InChI is InChI=1S/C29H32F3N8O6P/c1-5-45-47(42)16-17-7-8-21(23(13-17)43-3)37-28-34-14-19(29(30,31)32)25(38-28)36-22-10-9-20(35-24(22)26(41)33-2)18-15-40(11-6-12-46-47)39-27(18)44-4/h7-10,13-15H,5-6,11-12,16H2,1-4H3,(H,33,41)(H2,34,36,37,38)/t47-/m1/s1. The number of pyridine rings is 1. The summed E-state index contributed by atoms with van der Waals surface area (Å²) in [6.07, 6.45) is -2.23. The Balaban J connectivity index is 1.65. The van der Waals surface area contributed by atoms with Gasteiger partial charge in [0.25, 0.3) is 5.91 Å². The summed E-state index contributed by atoms with van der Waals surface area (Å²) in [7, 11) is 0.598. The van der Waals surface area contributed by atoms with Crippen LogP contribution in [0.3, 0.4) is 0 Å². The molecule has 4 aliphatic heterocycles. The summed E-state index contributed by atoms with van der Waals surface area (Å²) in [4.78, 5) is 25.3. The molecule has 0 fully saturated rings. The lowest BCUT2D eigenvalue weighted by Crippen LogP contribution is -2.21. The van der Waals surface area contributed by atoms with Crippen LogP contribution in [0.2, 0.25) is 0 Å². The Hall–Kier alpha value is -4.73. The molecule has 250 valence electrons. The molecule has 0 saturated carbocycles. The number of anilines is 4. The third-order valence-corrected chi connectivity index (χ3v) is 8.90. The maximum Gasteiger partial charge on any atom is 0.421 e. The van der Waals surface area contributed by atoms with Crippen molar-refractivity contribution in [2.45, 2.75) is 32.2 Å². The average molecular weight is 677 g/mol. The van der Waals surface area contributed by atoms with E-state index in [1.54, 1.807) is 36.0 Å². The molecule has 8 rings (SSSR count). The molecule has 8 bridgehead atoms. The first kappa shape index (κ1) is 33.6. The van der Waals surface area contributed by atoms with Crippen molar-refractivity contribution in [3.8, 4) is 22.9 Å². The van der Waals surface area contributed by atoms with Crippen LogP contribution in [0, 0.1) is 0 Å². The lowest BCUT2D eigenvalue weighted by molar-refractivity contribution is -0.137. The van der Waals surface area contributed by atoms with Crippen LogP contribution in [0.5, 0.6) is 11.6 Å². The Bertz CT molecular complexity index is 1820. The molecule has 3 N–H and O–H groups in total. The lowest BCUT2D eigenvalue weighted by Gasteiger charge is -2.19. The maximum absolute atomic E-state index is 14.1. The van der Waals surface area contributed by atoms with Crippen molar-refractivity contribution < 1.29 is 41.1 Å². The lowest BCUT2D eigenvalue weighted by atomic mass is 10.1. The number of methoxy groups -OCH3 is 2. The number of carbonyl (C=O) groups is 1. The van der Waals surface area contributed by atoms with Crippen molar-refractivity contribution in [1.82, 2.24) is 30.0 Å². The van der Waals surface area contributed by atoms with E-state index in [-0.39, 0.29) is 54.0 Å². The molecule has 47 heavy (non-hydrogen) atoms. The van der Waals surface area contributed by atoms with Crippen LogP contribution in [0.25, 0.3) is 11.3 Å². The molecule has 14 nitrogen and oxygen atoms in total. The number of alkyl halides is 3. The van der Waals surface area contributed by atoms with Gasteiger partial charge in [-0.05, 0) is 43.2 Å². The molecular weight excluding hydrogens is 644 g/mol. The fourth-order valence-electron chi connectivity index (χ4n) is 4.76. The van der Waals surface area contributed by atoms with Gasteiger partial charge in [0, 0.05) is 26.0 Å². The van der Waals surface area contributed by atoms with E-state index < -0.39 is 31.1 Å². The highest BCUT2D eigenvalue weighted by Crippen LogP contribution is 2.52. The van der Waals surface area contributed by atoms with Gasteiger partial charge in [-0.1, -0.05) is 6.07 Å². The summed E-state index contributed by atoms with van der Waals surface area (Å²) >= 11 is 0. The largest absolute Gasteiger partial charge is 0.495 e. The number of nitrogens with one attached hydrogen (secondary N) is 3. The number of rotatable bonds is 5. The van der Waals surface area contributed by atoms with Gasteiger partial charge in [0.1, 0.15) is 17.1 Å². The molecule has 18 heteroatoms. The number of carbonyl (C=O) groups excluding carboxylic acids is 1. The second-order valence-corrected chi connectivity index (χ2v) is 12.2. The Morgan fingerprint density at radius 1 is 1.13 bits per heavy atom. The van der Waals surface area contributed by atoms with Crippen LogP contribution < -0.4 is 25.4 Å². The second kappa shape index (κ2) is 13.9. The minimum atomic E-state index is -4.84. The Labute approximate surface area is 267 Å². The normalized spacial score (nSPS) is 16.7. The second-order valence-electron chi connectivity index (χ2n) is 10.1. The quantitative estimate of drug-likeness (QED) is 0.219. The fraction of sp³-hybridized carbons (Fsp3) is 0.345.